The number of hydrogen-bond donors (Lipinski definition) is 2. The summed E-state index contributed by atoms with van der Waals surface area (Å²) >= 11 is 1.57. The van der Waals surface area contributed by atoms with E-state index in [1.165, 1.54) is 13.0 Å². The topological polar surface area (TPSA) is 88.2 Å². The molecule has 0 unspecified atom stereocenters. The number of nitrogens with one attached hydrogen (secondary N) is 2. The zero-order valence-corrected chi connectivity index (χ0v) is 19.1. The summed E-state index contributed by atoms with van der Waals surface area (Å²) in [6, 6.07) is 21.8. The Kier molecular flexibility index (Phi) is 6.07. The fourth-order valence-corrected chi connectivity index (χ4v) is 5.39. The number of rotatable bonds is 6. The van der Waals surface area contributed by atoms with Gasteiger partial charge in [-0.2, -0.15) is 0 Å². The van der Waals surface area contributed by atoms with Crippen LogP contribution in [0.5, 0.6) is 0 Å². The number of thiazole rings is 1. The fraction of sp³-hybridized carbons (Fsp3) is 0.0833. The molecule has 1 aromatic heterocycles. The molecule has 0 spiro atoms. The summed E-state index contributed by atoms with van der Waals surface area (Å²) in [6.45, 7) is 3.09. The van der Waals surface area contributed by atoms with Crippen molar-refractivity contribution in [3.63, 3.8) is 0 Å². The van der Waals surface area contributed by atoms with Crippen molar-refractivity contribution in [3.05, 3.63) is 83.7 Å². The number of carbonyl (C=O) groups excluding carboxylic acids is 1. The van der Waals surface area contributed by atoms with Gasteiger partial charge in [0.25, 0.3) is 10.0 Å². The Balaban J connectivity index is 1.51. The van der Waals surface area contributed by atoms with E-state index in [1.54, 1.807) is 42.5 Å². The number of aryl methyl sites for hydroxylation is 1. The highest BCUT2D eigenvalue weighted by Gasteiger charge is 2.17. The molecular formula is C24H21N3O3S2. The van der Waals surface area contributed by atoms with Gasteiger partial charge in [-0.3, -0.25) is 9.52 Å². The van der Waals surface area contributed by atoms with Gasteiger partial charge >= 0.3 is 0 Å². The average molecular weight is 464 g/mol. The van der Waals surface area contributed by atoms with Crippen molar-refractivity contribution in [3.8, 4) is 21.8 Å². The van der Waals surface area contributed by atoms with Crippen molar-refractivity contribution in [1.29, 1.82) is 0 Å². The lowest BCUT2D eigenvalue weighted by Gasteiger charge is -2.12. The summed E-state index contributed by atoms with van der Waals surface area (Å²) in [6.07, 6.45) is 0. The number of carbonyl (C=O) groups is 1. The van der Waals surface area contributed by atoms with Crippen molar-refractivity contribution in [1.82, 2.24) is 4.98 Å². The molecule has 4 aromatic rings. The number of hydrogen-bond acceptors (Lipinski definition) is 5. The zero-order chi connectivity index (χ0) is 22.7. The monoisotopic (exact) mass is 463 g/mol. The SMILES string of the molecule is CC(=O)Nc1ccc(S(=O)(=O)Nc2ccc(-c3csc(-c4ccccc4)n3)cc2)c(C)c1. The summed E-state index contributed by atoms with van der Waals surface area (Å²) < 4.78 is 28.3. The van der Waals surface area contributed by atoms with Gasteiger partial charge < -0.3 is 5.32 Å². The number of benzene rings is 3. The molecule has 0 fully saturated rings. The van der Waals surface area contributed by atoms with Gasteiger partial charge in [0, 0.05) is 34.8 Å². The highest BCUT2D eigenvalue weighted by molar-refractivity contribution is 7.92. The lowest BCUT2D eigenvalue weighted by molar-refractivity contribution is -0.114. The highest BCUT2D eigenvalue weighted by Crippen LogP contribution is 2.30. The van der Waals surface area contributed by atoms with Gasteiger partial charge in [-0.1, -0.05) is 42.5 Å². The van der Waals surface area contributed by atoms with Crippen LogP contribution in [-0.2, 0) is 14.8 Å². The van der Waals surface area contributed by atoms with Crippen LogP contribution in [0.1, 0.15) is 12.5 Å². The van der Waals surface area contributed by atoms with Crippen LogP contribution in [0.4, 0.5) is 11.4 Å². The molecule has 0 atom stereocenters. The van der Waals surface area contributed by atoms with Crippen molar-refractivity contribution >= 4 is 38.6 Å². The molecule has 32 heavy (non-hydrogen) atoms. The number of sulfonamides is 1. The summed E-state index contributed by atoms with van der Waals surface area (Å²) in [5, 5.41) is 5.57. The lowest BCUT2D eigenvalue weighted by atomic mass is 10.1. The third-order valence-corrected chi connectivity index (χ3v) is 7.18. The second-order valence-electron chi connectivity index (χ2n) is 7.25. The molecule has 0 aliphatic rings. The second-order valence-corrected chi connectivity index (χ2v) is 9.76. The molecule has 0 aliphatic heterocycles. The molecule has 2 N–H and O–H groups in total. The number of anilines is 2. The van der Waals surface area contributed by atoms with Gasteiger partial charge in [0.15, 0.2) is 0 Å². The van der Waals surface area contributed by atoms with Crippen LogP contribution >= 0.6 is 11.3 Å². The first-order valence-corrected chi connectivity index (χ1v) is 12.2. The van der Waals surface area contributed by atoms with E-state index in [0.717, 1.165) is 21.8 Å². The maximum absolute atomic E-state index is 12.9. The Bertz CT molecular complexity index is 1360. The largest absolute Gasteiger partial charge is 0.326 e. The molecule has 6 nitrogen and oxygen atoms in total. The molecule has 1 heterocycles. The molecule has 0 aliphatic carbocycles. The summed E-state index contributed by atoms with van der Waals surface area (Å²) in [4.78, 5) is 16.1. The molecule has 0 saturated heterocycles. The van der Waals surface area contributed by atoms with Crippen LogP contribution in [0.15, 0.2) is 83.1 Å². The fourth-order valence-electron chi connectivity index (χ4n) is 3.27. The van der Waals surface area contributed by atoms with Crippen LogP contribution in [-0.4, -0.2) is 19.3 Å². The second kappa shape index (κ2) is 8.94. The Hall–Kier alpha value is -3.49. The first-order valence-electron chi connectivity index (χ1n) is 9.84. The maximum atomic E-state index is 12.9. The van der Waals surface area contributed by atoms with E-state index in [0.29, 0.717) is 16.9 Å². The van der Waals surface area contributed by atoms with Crippen molar-refractivity contribution < 1.29 is 13.2 Å². The van der Waals surface area contributed by atoms with Gasteiger partial charge in [0.2, 0.25) is 5.91 Å². The van der Waals surface area contributed by atoms with E-state index in [1.807, 2.05) is 47.8 Å². The Morgan fingerprint density at radius 1 is 0.906 bits per heavy atom. The highest BCUT2D eigenvalue weighted by atomic mass is 32.2. The molecule has 162 valence electrons. The smallest absolute Gasteiger partial charge is 0.262 e. The van der Waals surface area contributed by atoms with Crippen LogP contribution in [0, 0.1) is 6.92 Å². The zero-order valence-electron chi connectivity index (χ0n) is 17.5. The van der Waals surface area contributed by atoms with Gasteiger partial charge in [0.05, 0.1) is 10.6 Å². The average Bonchev–Trinajstić information content (AvgIpc) is 3.24. The van der Waals surface area contributed by atoms with E-state index < -0.39 is 10.0 Å². The van der Waals surface area contributed by atoms with Crippen LogP contribution in [0.3, 0.4) is 0 Å². The molecule has 4 rings (SSSR count). The van der Waals surface area contributed by atoms with Crippen molar-refractivity contribution in [2.45, 2.75) is 18.7 Å². The van der Waals surface area contributed by atoms with E-state index in [2.05, 4.69) is 10.0 Å². The lowest BCUT2D eigenvalue weighted by Crippen LogP contribution is -2.14. The molecule has 8 heteroatoms. The van der Waals surface area contributed by atoms with E-state index in [9.17, 15) is 13.2 Å². The number of amides is 1. The first kappa shape index (κ1) is 21.7. The van der Waals surface area contributed by atoms with Gasteiger partial charge in [0.1, 0.15) is 5.01 Å². The predicted molar refractivity (Wildman–Crippen MR) is 129 cm³/mol. The molecule has 0 bridgehead atoms. The minimum atomic E-state index is -3.77. The molecule has 0 radical (unpaired) electrons. The summed E-state index contributed by atoms with van der Waals surface area (Å²) in [5.74, 6) is -0.214. The standard InChI is InChI=1S/C24H21N3O3S2/c1-16-14-21(25-17(2)28)12-13-23(16)32(29,30)27-20-10-8-18(9-11-20)22-15-31-24(26-22)19-6-4-3-5-7-19/h3-15,27H,1-2H3,(H,25,28). The summed E-state index contributed by atoms with van der Waals surface area (Å²) in [7, 11) is -3.77. The van der Waals surface area contributed by atoms with Crippen LogP contribution in [0.2, 0.25) is 0 Å². The Morgan fingerprint density at radius 3 is 2.25 bits per heavy atom. The third-order valence-electron chi connectivity index (χ3n) is 4.74. The van der Waals surface area contributed by atoms with Gasteiger partial charge in [-0.15, -0.1) is 11.3 Å². The van der Waals surface area contributed by atoms with E-state index >= 15 is 0 Å². The predicted octanol–water partition coefficient (Wildman–Crippen LogP) is 5.54. The minimum Gasteiger partial charge on any atom is -0.326 e. The number of nitrogens with zero attached hydrogens (tertiary/aromatic N) is 1. The van der Waals surface area contributed by atoms with Crippen molar-refractivity contribution in [2.75, 3.05) is 10.0 Å². The Morgan fingerprint density at radius 2 is 1.59 bits per heavy atom. The van der Waals surface area contributed by atoms with Crippen LogP contribution in [0.25, 0.3) is 21.8 Å². The third kappa shape index (κ3) is 4.87. The molecular weight excluding hydrogens is 442 g/mol. The molecule has 3 aromatic carbocycles. The Labute approximate surface area is 191 Å². The summed E-state index contributed by atoms with van der Waals surface area (Å²) in [5.41, 5.74) is 4.35. The van der Waals surface area contributed by atoms with Gasteiger partial charge in [-0.05, 0) is 42.8 Å². The van der Waals surface area contributed by atoms with Crippen LogP contribution < -0.4 is 10.0 Å². The molecule has 1 amide bonds. The van der Waals surface area contributed by atoms with E-state index in [-0.39, 0.29) is 10.8 Å². The quantitative estimate of drug-likeness (QED) is 0.393. The maximum Gasteiger partial charge on any atom is 0.262 e. The van der Waals surface area contributed by atoms with Gasteiger partial charge in [-0.25, -0.2) is 13.4 Å². The molecule has 0 saturated carbocycles. The van der Waals surface area contributed by atoms with Crippen molar-refractivity contribution in [2.24, 2.45) is 0 Å². The minimum absolute atomic E-state index is 0.155. The van der Waals surface area contributed by atoms with E-state index in [4.69, 9.17) is 4.98 Å². The normalized spacial score (nSPS) is 11.2. The first-order chi connectivity index (χ1) is 15.3. The number of aromatic nitrogens is 1.